The molecule has 74 heavy (non-hydrogen) atoms. The van der Waals surface area contributed by atoms with Crippen molar-refractivity contribution in [1.82, 2.24) is 0 Å². The van der Waals surface area contributed by atoms with Gasteiger partial charge in [-0.1, -0.05) is 280 Å². The van der Waals surface area contributed by atoms with Gasteiger partial charge in [0.05, 0.1) is 0 Å². The topological polar surface area (TPSA) is 78.9 Å². The lowest BCUT2D eigenvalue weighted by Crippen LogP contribution is -2.30. The van der Waals surface area contributed by atoms with Crippen molar-refractivity contribution >= 4 is 17.9 Å². The fourth-order valence-electron chi connectivity index (χ4n) is 9.15. The maximum Gasteiger partial charge on any atom is 0.306 e. The van der Waals surface area contributed by atoms with E-state index in [-0.39, 0.29) is 37.5 Å². The first-order valence-electron chi connectivity index (χ1n) is 31.9. The van der Waals surface area contributed by atoms with Gasteiger partial charge in [-0.05, 0) is 96.3 Å². The Labute approximate surface area is 459 Å². The Hall–Kier alpha value is -3.15. The molecule has 0 heterocycles. The van der Waals surface area contributed by atoms with Gasteiger partial charge in [0.2, 0.25) is 0 Å². The smallest absolute Gasteiger partial charge is 0.306 e. The van der Waals surface area contributed by atoms with Gasteiger partial charge >= 0.3 is 17.9 Å². The SMILES string of the molecule is CC/C=C\C/C=C\C/C=C\C/C=C\CCC(=O)OCC(COC(=O)CCCCCCCCCCCCCCCCCCC/C=C\CCCCCCCCCC)OC(=O)CCCCCCC/C=C\CCCCCCC. The van der Waals surface area contributed by atoms with Gasteiger partial charge in [0.1, 0.15) is 13.2 Å². The lowest BCUT2D eigenvalue weighted by molar-refractivity contribution is -0.166. The number of hydrogen-bond acceptors (Lipinski definition) is 6. The minimum absolute atomic E-state index is 0.0985. The zero-order valence-electron chi connectivity index (χ0n) is 49.1. The van der Waals surface area contributed by atoms with E-state index in [1.165, 1.54) is 199 Å². The van der Waals surface area contributed by atoms with E-state index in [0.717, 1.165) is 77.0 Å². The Bertz CT molecular complexity index is 1370. The van der Waals surface area contributed by atoms with Crippen molar-refractivity contribution in [2.45, 2.75) is 329 Å². The summed E-state index contributed by atoms with van der Waals surface area (Å²) in [5, 5.41) is 0. The van der Waals surface area contributed by atoms with Crippen LogP contribution >= 0.6 is 0 Å². The molecule has 0 aromatic carbocycles. The fraction of sp³-hybridized carbons (Fsp3) is 0.779. The normalized spacial score (nSPS) is 12.5. The van der Waals surface area contributed by atoms with E-state index in [2.05, 4.69) is 87.6 Å². The average Bonchev–Trinajstić information content (AvgIpc) is 3.40. The third-order valence-electron chi connectivity index (χ3n) is 13.9. The standard InChI is InChI=1S/C68H120O6/c1-4-7-10-13-16-19-22-25-27-28-29-30-31-32-33-34-35-36-37-38-39-40-41-44-46-49-52-55-58-61-67(70)73-64-65(63-72-66(69)60-57-54-51-48-45-42-24-21-18-15-12-9-6-3)74-68(71)62-59-56-53-50-47-43-26-23-20-17-14-11-8-5-2/h9,12,18,21,23,26,28-29,42,45,51,54,65H,4-8,10-11,13-17,19-20,22,24-25,27,30-41,43-44,46-50,52-53,55-64H2,1-3H3/b12-9-,21-18-,26-23-,29-28-,45-42-,54-51-. The van der Waals surface area contributed by atoms with E-state index in [0.29, 0.717) is 19.3 Å². The highest BCUT2D eigenvalue weighted by molar-refractivity contribution is 5.71. The zero-order valence-corrected chi connectivity index (χ0v) is 49.1. The number of ether oxygens (including phenoxy) is 3. The molecule has 0 radical (unpaired) electrons. The van der Waals surface area contributed by atoms with Crippen LogP contribution in [0.2, 0.25) is 0 Å². The van der Waals surface area contributed by atoms with Crippen molar-refractivity contribution in [2.75, 3.05) is 13.2 Å². The van der Waals surface area contributed by atoms with E-state index in [1.807, 2.05) is 6.08 Å². The maximum absolute atomic E-state index is 12.8. The van der Waals surface area contributed by atoms with Crippen LogP contribution in [0.5, 0.6) is 0 Å². The number of carbonyl (C=O) groups is 3. The molecule has 0 fully saturated rings. The largest absolute Gasteiger partial charge is 0.462 e. The number of hydrogen-bond donors (Lipinski definition) is 0. The summed E-state index contributed by atoms with van der Waals surface area (Å²) in [6, 6.07) is 0. The second-order valence-corrected chi connectivity index (χ2v) is 21.3. The van der Waals surface area contributed by atoms with Gasteiger partial charge in [0.15, 0.2) is 6.10 Å². The predicted octanol–water partition coefficient (Wildman–Crippen LogP) is 21.7. The molecular weight excluding hydrogens is 913 g/mol. The van der Waals surface area contributed by atoms with Gasteiger partial charge in [-0.25, -0.2) is 0 Å². The lowest BCUT2D eigenvalue weighted by Gasteiger charge is -2.18. The summed E-state index contributed by atoms with van der Waals surface area (Å²) >= 11 is 0. The monoisotopic (exact) mass is 1030 g/mol. The van der Waals surface area contributed by atoms with Gasteiger partial charge in [-0.3, -0.25) is 14.4 Å². The van der Waals surface area contributed by atoms with E-state index in [1.54, 1.807) is 0 Å². The predicted molar refractivity (Wildman–Crippen MR) is 321 cm³/mol. The van der Waals surface area contributed by atoms with E-state index in [9.17, 15) is 14.4 Å². The fourth-order valence-corrected chi connectivity index (χ4v) is 9.15. The molecule has 0 spiro atoms. The highest BCUT2D eigenvalue weighted by Gasteiger charge is 2.19. The number of allylic oxidation sites excluding steroid dienone is 12. The number of rotatable bonds is 58. The molecule has 0 aromatic heterocycles. The number of carbonyl (C=O) groups excluding carboxylic acids is 3. The van der Waals surface area contributed by atoms with Crippen molar-refractivity contribution in [3.05, 3.63) is 72.9 Å². The highest BCUT2D eigenvalue weighted by atomic mass is 16.6. The van der Waals surface area contributed by atoms with Crippen LogP contribution in [0.1, 0.15) is 323 Å². The van der Waals surface area contributed by atoms with Gasteiger partial charge in [0, 0.05) is 19.3 Å². The Balaban J connectivity index is 4.21. The summed E-state index contributed by atoms with van der Waals surface area (Å²) in [5.74, 6) is -0.981. The molecule has 0 bridgehead atoms. The molecule has 0 N–H and O–H groups in total. The van der Waals surface area contributed by atoms with Crippen molar-refractivity contribution in [3.63, 3.8) is 0 Å². The molecule has 1 unspecified atom stereocenters. The second-order valence-electron chi connectivity index (χ2n) is 21.3. The molecule has 0 aliphatic carbocycles. The summed E-state index contributed by atoms with van der Waals surface area (Å²) in [7, 11) is 0. The molecule has 6 nitrogen and oxygen atoms in total. The Morgan fingerprint density at radius 3 is 0.905 bits per heavy atom. The molecule has 6 heteroatoms. The number of unbranched alkanes of at least 4 members (excludes halogenated alkanes) is 35. The Morgan fingerprint density at radius 2 is 0.554 bits per heavy atom. The summed E-state index contributed by atoms with van der Waals surface area (Å²) in [4.78, 5) is 38.1. The summed E-state index contributed by atoms with van der Waals surface area (Å²) in [6.07, 6.45) is 80.9. The van der Waals surface area contributed by atoms with Gasteiger partial charge < -0.3 is 14.2 Å². The van der Waals surface area contributed by atoms with Crippen LogP contribution in [0.15, 0.2) is 72.9 Å². The average molecular weight is 1030 g/mol. The first kappa shape index (κ1) is 70.8. The third kappa shape index (κ3) is 59.7. The van der Waals surface area contributed by atoms with E-state index in [4.69, 9.17) is 14.2 Å². The maximum atomic E-state index is 12.8. The van der Waals surface area contributed by atoms with Gasteiger partial charge in [-0.2, -0.15) is 0 Å². The summed E-state index contributed by atoms with van der Waals surface area (Å²) < 4.78 is 16.8. The molecule has 0 amide bonds. The van der Waals surface area contributed by atoms with Crippen LogP contribution < -0.4 is 0 Å². The first-order chi connectivity index (χ1) is 36.5. The van der Waals surface area contributed by atoms with E-state index < -0.39 is 6.10 Å². The van der Waals surface area contributed by atoms with Gasteiger partial charge in [0.25, 0.3) is 0 Å². The lowest BCUT2D eigenvalue weighted by atomic mass is 10.0. The van der Waals surface area contributed by atoms with Crippen LogP contribution in [0.3, 0.4) is 0 Å². The van der Waals surface area contributed by atoms with Crippen molar-refractivity contribution < 1.29 is 28.6 Å². The molecule has 0 saturated carbocycles. The minimum Gasteiger partial charge on any atom is -0.462 e. The summed E-state index contributed by atoms with van der Waals surface area (Å²) in [6.45, 7) is 6.47. The molecule has 0 aliphatic heterocycles. The molecule has 0 aromatic rings. The second kappa shape index (κ2) is 62.4. The molecule has 1 atom stereocenters. The van der Waals surface area contributed by atoms with Crippen LogP contribution in [0.25, 0.3) is 0 Å². The third-order valence-corrected chi connectivity index (χ3v) is 13.9. The molecular formula is C68H120O6. The van der Waals surface area contributed by atoms with Crippen molar-refractivity contribution in [2.24, 2.45) is 0 Å². The summed E-state index contributed by atoms with van der Waals surface area (Å²) in [5.41, 5.74) is 0. The van der Waals surface area contributed by atoms with Crippen LogP contribution in [-0.4, -0.2) is 37.2 Å². The molecule has 428 valence electrons. The van der Waals surface area contributed by atoms with Crippen molar-refractivity contribution in [1.29, 1.82) is 0 Å². The first-order valence-corrected chi connectivity index (χ1v) is 31.9. The minimum atomic E-state index is -0.807. The number of esters is 3. The Kier molecular flexibility index (Phi) is 59.7. The quantitative estimate of drug-likeness (QED) is 0.0261. The molecule has 0 aliphatic rings. The van der Waals surface area contributed by atoms with Crippen LogP contribution in [-0.2, 0) is 28.6 Å². The zero-order chi connectivity index (χ0) is 53.6. The van der Waals surface area contributed by atoms with E-state index >= 15 is 0 Å². The molecule has 0 rings (SSSR count). The Morgan fingerprint density at radius 1 is 0.284 bits per heavy atom. The van der Waals surface area contributed by atoms with Crippen LogP contribution in [0, 0.1) is 0 Å². The molecule has 0 saturated heterocycles. The van der Waals surface area contributed by atoms with Crippen LogP contribution in [0.4, 0.5) is 0 Å². The van der Waals surface area contributed by atoms with Crippen molar-refractivity contribution in [3.8, 4) is 0 Å². The van der Waals surface area contributed by atoms with Gasteiger partial charge in [-0.15, -0.1) is 0 Å². The highest BCUT2D eigenvalue weighted by Crippen LogP contribution is 2.17.